The summed E-state index contributed by atoms with van der Waals surface area (Å²) in [6.45, 7) is 1.33. The molecule has 0 radical (unpaired) electrons. The second kappa shape index (κ2) is 4.85. The lowest BCUT2D eigenvalue weighted by atomic mass is 10.2. The quantitative estimate of drug-likeness (QED) is 0.746. The Kier molecular flexibility index (Phi) is 3.73. The first-order valence-electron chi connectivity index (χ1n) is 4.44. The van der Waals surface area contributed by atoms with E-state index in [4.69, 9.17) is 16.7 Å². The number of halogens is 1. The molecule has 86 valence electrons. The Balaban J connectivity index is 2.85. The highest BCUT2D eigenvalue weighted by Gasteiger charge is 2.17. The molecule has 0 aromatic heterocycles. The van der Waals surface area contributed by atoms with Crippen LogP contribution in [0.2, 0.25) is 5.02 Å². The molecule has 0 saturated heterocycles. The van der Waals surface area contributed by atoms with Gasteiger partial charge in [-0.15, -0.1) is 0 Å². The molecule has 1 rings (SSSR count). The summed E-state index contributed by atoms with van der Waals surface area (Å²) in [4.78, 5) is 22.0. The highest BCUT2D eigenvalue weighted by atomic mass is 35.5. The zero-order valence-corrected chi connectivity index (χ0v) is 9.15. The highest BCUT2D eigenvalue weighted by Crippen LogP contribution is 2.21. The number of phenols is 1. The number of aromatic hydroxyl groups is 1. The number of carbonyl (C=O) groups is 2. The first-order chi connectivity index (χ1) is 7.41. The van der Waals surface area contributed by atoms with Gasteiger partial charge in [0.15, 0.2) is 0 Å². The average molecular weight is 244 g/mol. The fraction of sp³-hybridized carbons (Fsp3) is 0.200. The number of carbonyl (C=O) groups excluding carboxylic acids is 1. The van der Waals surface area contributed by atoms with Crippen LogP contribution in [-0.4, -0.2) is 28.1 Å². The van der Waals surface area contributed by atoms with Crippen LogP contribution in [0, 0.1) is 0 Å². The van der Waals surface area contributed by atoms with Crippen LogP contribution in [0.4, 0.5) is 0 Å². The fourth-order valence-corrected chi connectivity index (χ4v) is 1.20. The van der Waals surface area contributed by atoms with E-state index in [1.54, 1.807) is 0 Å². The minimum atomic E-state index is -1.15. The van der Waals surface area contributed by atoms with Crippen molar-refractivity contribution < 1.29 is 19.8 Å². The molecule has 3 N–H and O–H groups in total. The van der Waals surface area contributed by atoms with E-state index in [-0.39, 0.29) is 11.3 Å². The van der Waals surface area contributed by atoms with Gasteiger partial charge in [0.05, 0.1) is 5.56 Å². The van der Waals surface area contributed by atoms with Gasteiger partial charge in [-0.3, -0.25) is 9.59 Å². The molecule has 1 amide bonds. The highest BCUT2D eigenvalue weighted by molar-refractivity contribution is 6.30. The zero-order chi connectivity index (χ0) is 12.3. The molecule has 0 unspecified atom stereocenters. The number of carboxylic acids is 1. The van der Waals surface area contributed by atoms with E-state index in [0.717, 1.165) is 0 Å². The lowest BCUT2D eigenvalue weighted by Gasteiger charge is -2.10. The second-order valence-corrected chi connectivity index (χ2v) is 3.63. The summed E-state index contributed by atoms with van der Waals surface area (Å²) in [6.07, 6.45) is 0. The van der Waals surface area contributed by atoms with E-state index in [2.05, 4.69) is 5.32 Å². The Bertz CT molecular complexity index is 433. The molecule has 0 bridgehead atoms. The van der Waals surface area contributed by atoms with Gasteiger partial charge < -0.3 is 15.5 Å². The van der Waals surface area contributed by atoms with Crippen LogP contribution in [0.25, 0.3) is 0 Å². The van der Waals surface area contributed by atoms with Crippen LogP contribution in [0.1, 0.15) is 17.3 Å². The van der Waals surface area contributed by atoms with Gasteiger partial charge in [0.1, 0.15) is 11.8 Å². The number of benzene rings is 1. The minimum absolute atomic E-state index is 0.0162. The van der Waals surface area contributed by atoms with E-state index in [1.165, 1.54) is 25.1 Å². The van der Waals surface area contributed by atoms with Gasteiger partial charge in [0.25, 0.3) is 5.91 Å². The molecule has 1 aromatic rings. The maximum Gasteiger partial charge on any atom is 0.325 e. The summed E-state index contributed by atoms with van der Waals surface area (Å²) in [5, 5.41) is 20.5. The topological polar surface area (TPSA) is 86.6 Å². The van der Waals surface area contributed by atoms with Crippen LogP contribution >= 0.6 is 11.6 Å². The van der Waals surface area contributed by atoms with Gasteiger partial charge in [-0.1, -0.05) is 11.6 Å². The maximum absolute atomic E-state index is 11.5. The zero-order valence-electron chi connectivity index (χ0n) is 8.40. The average Bonchev–Trinajstić information content (AvgIpc) is 2.16. The molecule has 0 heterocycles. The second-order valence-electron chi connectivity index (χ2n) is 3.19. The van der Waals surface area contributed by atoms with E-state index in [0.29, 0.717) is 5.02 Å². The van der Waals surface area contributed by atoms with Crippen molar-refractivity contribution in [3.8, 4) is 5.75 Å². The summed E-state index contributed by atoms with van der Waals surface area (Å²) in [7, 11) is 0. The maximum atomic E-state index is 11.5. The van der Waals surface area contributed by atoms with E-state index in [9.17, 15) is 14.7 Å². The number of aliphatic carboxylic acids is 1. The molecule has 0 aliphatic heterocycles. The molecule has 0 aliphatic rings. The summed E-state index contributed by atoms with van der Waals surface area (Å²) < 4.78 is 0. The van der Waals surface area contributed by atoms with Crippen LogP contribution in [0.15, 0.2) is 18.2 Å². The standard InChI is InChI=1S/C10H10ClNO4/c1-5(10(15)16)12-9(14)7-3-2-6(11)4-8(7)13/h2-5,13H,1H3,(H,12,14)(H,15,16)/t5-/m1/s1. The van der Waals surface area contributed by atoms with Crippen molar-refractivity contribution in [2.45, 2.75) is 13.0 Å². The molecule has 1 aromatic carbocycles. The Morgan fingerprint density at radius 1 is 1.44 bits per heavy atom. The third-order valence-electron chi connectivity index (χ3n) is 1.92. The summed E-state index contributed by atoms with van der Waals surface area (Å²) in [5.74, 6) is -2.10. The fourth-order valence-electron chi connectivity index (χ4n) is 1.03. The van der Waals surface area contributed by atoms with Gasteiger partial charge in [0.2, 0.25) is 0 Å². The molecule has 5 nitrogen and oxygen atoms in total. The Morgan fingerprint density at radius 2 is 2.06 bits per heavy atom. The molecule has 16 heavy (non-hydrogen) atoms. The normalized spacial score (nSPS) is 11.9. The monoisotopic (exact) mass is 243 g/mol. The predicted octanol–water partition coefficient (Wildman–Crippen LogP) is 1.25. The number of nitrogens with one attached hydrogen (secondary N) is 1. The Morgan fingerprint density at radius 3 is 2.56 bits per heavy atom. The minimum Gasteiger partial charge on any atom is -0.507 e. The van der Waals surface area contributed by atoms with Crippen molar-refractivity contribution in [2.75, 3.05) is 0 Å². The van der Waals surface area contributed by atoms with Crippen molar-refractivity contribution in [3.05, 3.63) is 28.8 Å². The first kappa shape index (κ1) is 12.3. The molecular formula is C10H10ClNO4. The number of rotatable bonds is 3. The molecule has 0 aliphatic carbocycles. The Labute approximate surface area is 96.7 Å². The number of hydrogen-bond donors (Lipinski definition) is 3. The molecule has 0 fully saturated rings. The third kappa shape index (κ3) is 2.87. The summed E-state index contributed by atoms with van der Waals surface area (Å²) in [6, 6.07) is 2.94. The number of amides is 1. The lowest BCUT2D eigenvalue weighted by molar-refractivity contribution is -0.138. The molecule has 0 spiro atoms. The third-order valence-corrected chi connectivity index (χ3v) is 2.16. The SMILES string of the molecule is C[C@@H](NC(=O)c1ccc(Cl)cc1O)C(=O)O. The van der Waals surface area contributed by atoms with Crippen LogP contribution < -0.4 is 5.32 Å². The largest absolute Gasteiger partial charge is 0.507 e. The van der Waals surface area contributed by atoms with Crippen molar-refractivity contribution in [1.82, 2.24) is 5.32 Å². The van der Waals surface area contributed by atoms with Gasteiger partial charge in [-0.25, -0.2) is 0 Å². The van der Waals surface area contributed by atoms with Crippen molar-refractivity contribution in [1.29, 1.82) is 0 Å². The molecule has 6 heteroatoms. The number of hydrogen-bond acceptors (Lipinski definition) is 3. The molecule has 1 atom stereocenters. The van der Waals surface area contributed by atoms with Gasteiger partial charge in [-0.2, -0.15) is 0 Å². The van der Waals surface area contributed by atoms with Crippen LogP contribution in [0.5, 0.6) is 5.75 Å². The number of carboxylic acid groups (broad SMARTS) is 1. The smallest absolute Gasteiger partial charge is 0.325 e. The molecule has 0 saturated carbocycles. The molecular weight excluding hydrogens is 234 g/mol. The van der Waals surface area contributed by atoms with Crippen molar-refractivity contribution >= 4 is 23.5 Å². The summed E-state index contributed by atoms with van der Waals surface area (Å²) in [5.41, 5.74) is -0.0162. The predicted molar refractivity (Wildman–Crippen MR) is 57.7 cm³/mol. The van der Waals surface area contributed by atoms with Crippen LogP contribution in [0.3, 0.4) is 0 Å². The van der Waals surface area contributed by atoms with Gasteiger partial charge in [0, 0.05) is 5.02 Å². The van der Waals surface area contributed by atoms with Crippen molar-refractivity contribution in [3.63, 3.8) is 0 Å². The van der Waals surface area contributed by atoms with E-state index < -0.39 is 17.9 Å². The van der Waals surface area contributed by atoms with E-state index >= 15 is 0 Å². The first-order valence-corrected chi connectivity index (χ1v) is 4.82. The number of phenolic OH excluding ortho intramolecular Hbond substituents is 1. The lowest BCUT2D eigenvalue weighted by Crippen LogP contribution is -2.38. The summed E-state index contributed by atoms with van der Waals surface area (Å²) >= 11 is 5.59. The van der Waals surface area contributed by atoms with Gasteiger partial charge in [-0.05, 0) is 25.1 Å². The van der Waals surface area contributed by atoms with Crippen molar-refractivity contribution in [2.24, 2.45) is 0 Å². The van der Waals surface area contributed by atoms with E-state index in [1.807, 2.05) is 0 Å². The van der Waals surface area contributed by atoms with Crippen LogP contribution in [-0.2, 0) is 4.79 Å². The Hall–Kier alpha value is -1.75. The van der Waals surface area contributed by atoms with Gasteiger partial charge >= 0.3 is 5.97 Å².